The number of hydrogen-bond acceptors (Lipinski definition) is 3. The molecule has 1 unspecified atom stereocenters. The van der Waals surface area contributed by atoms with E-state index in [2.05, 4.69) is 21.0 Å². The summed E-state index contributed by atoms with van der Waals surface area (Å²) in [6, 6.07) is 3.67. The van der Waals surface area contributed by atoms with Crippen LogP contribution in [0.4, 0.5) is 4.39 Å². The molecule has 1 heterocycles. The Balaban J connectivity index is 2.37. The Kier molecular flexibility index (Phi) is 5.15. The topological polar surface area (TPSA) is 53.1 Å². The fourth-order valence-corrected chi connectivity index (χ4v) is 2.77. The first-order chi connectivity index (χ1) is 9.54. The van der Waals surface area contributed by atoms with Crippen LogP contribution in [0.3, 0.4) is 0 Å². The van der Waals surface area contributed by atoms with Crippen molar-refractivity contribution in [2.75, 3.05) is 13.7 Å². The molecule has 2 aromatic rings. The molecule has 0 radical (unpaired) electrons. The number of methoxy groups -OCH3 is 1. The van der Waals surface area contributed by atoms with E-state index in [0.29, 0.717) is 23.7 Å². The summed E-state index contributed by atoms with van der Waals surface area (Å²) >= 11 is 9.49. The van der Waals surface area contributed by atoms with E-state index in [0.717, 1.165) is 10.2 Å². The van der Waals surface area contributed by atoms with Crippen molar-refractivity contribution in [1.29, 1.82) is 0 Å². The van der Waals surface area contributed by atoms with Crippen LogP contribution in [0.5, 0.6) is 0 Å². The summed E-state index contributed by atoms with van der Waals surface area (Å²) in [7, 11) is 1.62. The molecular weight excluding hydrogens is 349 g/mol. The van der Waals surface area contributed by atoms with Crippen LogP contribution in [-0.4, -0.2) is 23.5 Å². The fourth-order valence-electron chi connectivity index (χ4n) is 1.94. The van der Waals surface area contributed by atoms with Crippen molar-refractivity contribution >= 4 is 27.5 Å². The van der Waals surface area contributed by atoms with Crippen molar-refractivity contribution in [2.45, 2.75) is 12.6 Å². The zero-order chi connectivity index (χ0) is 14.7. The highest BCUT2D eigenvalue weighted by molar-refractivity contribution is 9.10. The molecule has 0 aliphatic rings. The minimum Gasteiger partial charge on any atom is -0.383 e. The maximum absolute atomic E-state index is 13.1. The zero-order valence-corrected chi connectivity index (χ0v) is 13.2. The van der Waals surface area contributed by atoms with E-state index in [-0.39, 0.29) is 0 Å². The first kappa shape index (κ1) is 15.4. The Morgan fingerprint density at radius 2 is 2.30 bits per heavy atom. The first-order valence-electron chi connectivity index (χ1n) is 5.95. The number of hydrogen-bond donors (Lipinski definition) is 1. The van der Waals surface area contributed by atoms with Crippen molar-refractivity contribution in [3.63, 3.8) is 0 Å². The lowest BCUT2D eigenvalue weighted by molar-refractivity contribution is 0.182. The SMILES string of the molecule is COCCn1ncc(Br)c1C(N)c1ccc(F)cc1Cl. The van der Waals surface area contributed by atoms with Crippen molar-refractivity contribution in [1.82, 2.24) is 9.78 Å². The Hall–Kier alpha value is -0.950. The van der Waals surface area contributed by atoms with Gasteiger partial charge in [-0.15, -0.1) is 0 Å². The predicted molar refractivity (Wildman–Crippen MR) is 79.2 cm³/mol. The lowest BCUT2D eigenvalue weighted by Gasteiger charge is -2.16. The van der Waals surface area contributed by atoms with Crippen LogP contribution in [0, 0.1) is 5.82 Å². The molecule has 1 aromatic heterocycles. The summed E-state index contributed by atoms with van der Waals surface area (Å²) in [6.45, 7) is 1.09. The minimum absolute atomic E-state index is 0.295. The average molecular weight is 363 g/mol. The summed E-state index contributed by atoms with van der Waals surface area (Å²) in [5.41, 5.74) is 7.67. The number of nitrogens with zero attached hydrogens (tertiary/aromatic N) is 2. The van der Waals surface area contributed by atoms with Gasteiger partial charge in [0.2, 0.25) is 0 Å². The maximum atomic E-state index is 13.1. The second-order valence-electron chi connectivity index (χ2n) is 4.24. The summed E-state index contributed by atoms with van der Waals surface area (Å²) in [5.74, 6) is -0.391. The molecule has 0 saturated heterocycles. The van der Waals surface area contributed by atoms with Gasteiger partial charge >= 0.3 is 0 Å². The van der Waals surface area contributed by atoms with Gasteiger partial charge in [0.1, 0.15) is 5.82 Å². The third kappa shape index (κ3) is 3.20. The molecule has 0 bridgehead atoms. The second-order valence-corrected chi connectivity index (χ2v) is 5.50. The molecule has 0 amide bonds. The van der Waals surface area contributed by atoms with Crippen molar-refractivity contribution in [3.8, 4) is 0 Å². The van der Waals surface area contributed by atoms with Crippen molar-refractivity contribution in [3.05, 3.63) is 51.0 Å². The van der Waals surface area contributed by atoms with Crippen LogP contribution in [0.25, 0.3) is 0 Å². The third-order valence-electron chi connectivity index (χ3n) is 2.93. The van der Waals surface area contributed by atoms with Crippen LogP contribution in [0.15, 0.2) is 28.9 Å². The molecule has 0 fully saturated rings. The van der Waals surface area contributed by atoms with Crippen molar-refractivity contribution < 1.29 is 9.13 Å². The quantitative estimate of drug-likeness (QED) is 0.889. The van der Waals surface area contributed by atoms with Gasteiger partial charge in [0.15, 0.2) is 0 Å². The number of rotatable bonds is 5. The number of ether oxygens (including phenoxy) is 1. The lowest BCUT2D eigenvalue weighted by Crippen LogP contribution is -2.20. The summed E-state index contributed by atoms with van der Waals surface area (Å²) in [6.07, 6.45) is 1.67. The molecule has 0 spiro atoms. The van der Waals surface area contributed by atoms with Gasteiger partial charge in [0, 0.05) is 12.1 Å². The summed E-state index contributed by atoms with van der Waals surface area (Å²) in [5, 5.41) is 4.53. The van der Waals surface area contributed by atoms with Crippen LogP contribution in [0.2, 0.25) is 5.02 Å². The predicted octanol–water partition coefficient (Wildman–Crippen LogP) is 3.13. The number of halogens is 3. The lowest BCUT2D eigenvalue weighted by atomic mass is 10.0. The highest BCUT2D eigenvalue weighted by atomic mass is 79.9. The number of aromatic nitrogens is 2. The molecule has 108 valence electrons. The van der Waals surface area contributed by atoms with Crippen LogP contribution >= 0.6 is 27.5 Å². The van der Waals surface area contributed by atoms with Crippen molar-refractivity contribution in [2.24, 2.45) is 5.73 Å². The Bertz CT molecular complexity index is 605. The molecule has 2 N–H and O–H groups in total. The van der Waals surface area contributed by atoms with Gasteiger partial charge in [0.25, 0.3) is 0 Å². The van der Waals surface area contributed by atoms with Gasteiger partial charge in [-0.3, -0.25) is 4.68 Å². The minimum atomic E-state index is -0.503. The van der Waals surface area contributed by atoms with Gasteiger partial charge in [-0.25, -0.2) is 4.39 Å². The van der Waals surface area contributed by atoms with Gasteiger partial charge in [-0.1, -0.05) is 17.7 Å². The van der Waals surface area contributed by atoms with Crippen LogP contribution in [-0.2, 0) is 11.3 Å². The highest BCUT2D eigenvalue weighted by Crippen LogP contribution is 2.31. The highest BCUT2D eigenvalue weighted by Gasteiger charge is 2.20. The molecule has 4 nitrogen and oxygen atoms in total. The molecule has 1 atom stereocenters. The molecule has 0 aliphatic carbocycles. The molecule has 0 aliphatic heterocycles. The average Bonchev–Trinajstić information content (AvgIpc) is 2.77. The van der Waals surface area contributed by atoms with Gasteiger partial charge in [0.05, 0.1) is 35.6 Å². The Morgan fingerprint density at radius 1 is 1.55 bits per heavy atom. The van der Waals surface area contributed by atoms with E-state index in [9.17, 15) is 4.39 Å². The summed E-state index contributed by atoms with van der Waals surface area (Å²) in [4.78, 5) is 0. The van der Waals surface area contributed by atoms with Crippen LogP contribution in [0.1, 0.15) is 17.3 Å². The van der Waals surface area contributed by atoms with E-state index >= 15 is 0 Å². The smallest absolute Gasteiger partial charge is 0.124 e. The Morgan fingerprint density at radius 3 is 2.95 bits per heavy atom. The fraction of sp³-hybridized carbons (Fsp3) is 0.308. The van der Waals surface area contributed by atoms with E-state index in [1.165, 1.54) is 12.1 Å². The molecular formula is C13H14BrClFN3O. The molecule has 2 rings (SSSR count). The van der Waals surface area contributed by atoms with E-state index < -0.39 is 11.9 Å². The number of benzene rings is 1. The monoisotopic (exact) mass is 361 g/mol. The molecule has 0 saturated carbocycles. The van der Waals surface area contributed by atoms with E-state index in [1.807, 2.05) is 0 Å². The normalized spacial score (nSPS) is 12.7. The maximum Gasteiger partial charge on any atom is 0.124 e. The van der Waals surface area contributed by atoms with Crippen LogP contribution < -0.4 is 5.73 Å². The van der Waals surface area contributed by atoms with Gasteiger partial charge in [-0.2, -0.15) is 5.10 Å². The molecule has 7 heteroatoms. The third-order valence-corrected chi connectivity index (χ3v) is 3.87. The second kappa shape index (κ2) is 6.67. The Labute approximate surface area is 129 Å². The summed E-state index contributed by atoms with van der Waals surface area (Å²) < 4.78 is 20.7. The van der Waals surface area contributed by atoms with E-state index in [1.54, 1.807) is 24.1 Å². The van der Waals surface area contributed by atoms with Gasteiger partial charge in [-0.05, 0) is 33.6 Å². The molecule has 1 aromatic carbocycles. The molecule has 20 heavy (non-hydrogen) atoms. The first-order valence-corrected chi connectivity index (χ1v) is 7.12. The zero-order valence-electron chi connectivity index (χ0n) is 10.8. The standard InChI is InChI=1S/C13H14BrClFN3O/c1-20-5-4-19-13(10(14)7-18-19)12(17)9-3-2-8(16)6-11(9)15/h2-3,6-7,12H,4-5,17H2,1H3. The van der Waals surface area contributed by atoms with E-state index in [4.69, 9.17) is 22.1 Å². The largest absolute Gasteiger partial charge is 0.383 e. The van der Waals surface area contributed by atoms with Gasteiger partial charge < -0.3 is 10.5 Å². The number of nitrogens with two attached hydrogens (primary N) is 1.